The second-order valence-electron chi connectivity index (χ2n) is 10.9. The van der Waals surface area contributed by atoms with E-state index in [1.807, 2.05) is 14.0 Å². The minimum Gasteiger partial charge on any atom is -0.390 e. The molecule has 0 bridgehead atoms. The highest BCUT2D eigenvalue weighted by Crippen LogP contribution is 2.68. The van der Waals surface area contributed by atoms with E-state index in [1.54, 1.807) is 6.92 Å². The van der Waals surface area contributed by atoms with Crippen molar-refractivity contribution >= 4 is 5.78 Å². The number of carbonyl (C=O) groups is 1. The van der Waals surface area contributed by atoms with Gasteiger partial charge in [-0.3, -0.25) is 4.79 Å². The molecule has 4 rings (SSSR count). The van der Waals surface area contributed by atoms with E-state index in [2.05, 4.69) is 13.8 Å². The van der Waals surface area contributed by atoms with E-state index in [4.69, 9.17) is 4.74 Å². The van der Waals surface area contributed by atoms with E-state index in [9.17, 15) is 9.90 Å². The highest BCUT2D eigenvalue weighted by atomic mass is 16.5. The molecule has 0 unspecified atom stereocenters. The summed E-state index contributed by atoms with van der Waals surface area (Å²) in [5.41, 5.74) is -0.128. The maximum atomic E-state index is 12.4. The Morgan fingerprint density at radius 2 is 1.77 bits per heavy atom. The first-order valence-electron chi connectivity index (χ1n) is 10.9. The van der Waals surface area contributed by atoms with Crippen LogP contribution in [-0.2, 0) is 9.53 Å². The summed E-state index contributed by atoms with van der Waals surface area (Å²) in [5, 5.41) is 10.6. The predicted octanol–water partition coefficient (Wildman–Crippen LogP) is 4.61. The zero-order valence-corrected chi connectivity index (χ0v) is 17.4. The molecule has 0 aromatic carbocycles. The normalized spacial score (nSPS) is 56.4. The third kappa shape index (κ3) is 2.49. The van der Waals surface area contributed by atoms with Crippen molar-refractivity contribution < 1.29 is 14.6 Å². The standard InChI is InChI=1S/C23H38O3/c1-14(24)17-8-9-18-16-7-6-15-13-21(2,25)10-11-22(15,3)19(16)12-20(26-5)23(17,18)4/h15-20,25H,6-13H2,1-5H3/t15-,16-,17+,18-,19-,20+,21+,22-,23+/m0/s1. The minimum atomic E-state index is -0.478. The first-order valence-corrected chi connectivity index (χ1v) is 10.9. The van der Waals surface area contributed by atoms with Gasteiger partial charge in [0.2, 0.25) is 0 Å². The quantitative estimate of drug-likeness (QED) is 0.780. The Morgan fingerprint density at radius 3 is 2.42 bits per heavy atom. The highest BCUT2D eigenvalue weighted by Gasteiger charge is 2.64. The second-order valence-corrected chi connectivity index (χ2v) is 10.9. The largest absolute Gasteiger partial charge is 0.390 e. The molecule has 0 aromatic rings. The summed E-state index contributed by atoms with van der Waals surface area (Å²) < 4.78 is 6.10. The van der Waals surface area contributed by atoms with Gasteiger partial charge in [0.1, 0.15) is 5.78 Å². The molecule has 3 heteroatoms. The summed E-state index contributed by atoms with van der Waals surface area (Å²) in [6.45, 7) is 8.69. The average molecular weight is 363 g/mol. The van der Waals surface area contributed by atoms with Crippen molar-refractivity contribution in [2.24, 2.45) is 40.4 Å². The Labute approximate surface area is 159 Å². The predicted molar refractivity (Wildman–Crippen MR) is 103 cm³/mol. The molecule has 9 atom stereocenters. The van der Waals surface area contributed by atoms with Crippen LogP contribution < -0.4 is 0 Å². The van der Waals surface area contributed by atoms with Crippen molar-refractivity contribution in [1.82, 2.24) is 0 Å². The summed E-state index contributed by atoms with van der Waals surface area (Å²) >= 11 is 0. The van der Waals surface area contributed by atoms with E-state index < -0.39 is 5.60 Å². The third-order valence-electron chi connectivity index (χ3n) is 9.80. The molecular formula is C23H38O3. The molecule has 4 aliphatic carbocycles. The lowest BCUT2D eigenvalue weighted by Crippen LogP contribution is -2.60. The zero-order valence-electron chi connectivity index (χ0n) is 17.4. The molecule has 4 aliphatic rings. The van der Waals surface area contributed by atoms with Gasteiger partial charge in [0.05, 0.1) is 11.7 Å². The summed E-state index contributed by atoms with van der Waals surface area (Å²) in [6.07, 6.45) is 9.11. The molecule has 1 N–H and O–H groups in total. The van der Waals surface area contributed by atoms with Gasteiger partial charge in [-0.1, -0.05) is 13.8 Å². The van der Waals surface area contributed by atoms with Crippen molar-refractivity contribution in [2.75, 3.05) is 7.11 Å². The molecule has 0 heterocycles. The lowest BCUT2D eigenvalue weighted by molar-refractivity contribution is -0.188. The van der Waals surface area contributed by atoms with E-state index in [-0.39, 0.29) is 17.4 Å². The van der Waals surface area contributed by atoms with Crippen molar-refractivity contribution in [3.63, 3.8) is 0 Å². The number of fused-ring (bicyclic) bond motifs is 5. The molecule has 4 fully saturated rings. The average Bonchev–Trinajstić information content (AvgIpc) is 2.93. The van der Waals surface area contributed by atoms with Gasteiger partial charge >= 0.3 is 0 Å². The number of methoxy groups -OCH3 is 1. The Bertz CT molecular complexity index is 584. The molecule has 3 nitrogen and oxygen atoms in total. The molecule has 0 aliphatic heterocycles. The summed E-state index contributed by atoms with van der Waals surface area (Å²) in [7, 11) is 1.86. The van der Waals surface area contributed by atoms with Crippen LogP contribution in [0.3, 0.4) is 0 Å². The van der Waals surface area contributed by atoms with Crippen LogP contribution in [0.1, 0.15) is 79.1 Å². The Kier molecular flexibility index (Phi) is 4.40. The number of hydrogen-bond acceptors (Lipinski definition) is 3. The van der Waals surface area contributed by atoms with Gasteiger partial charge in [-0.25, -0.2) is 0 Å². The fourth-order valence-corrected chi connectivity index (χ4v) is 8.38. The summed E-state index contributed by atoms with van der Waals surface area (Å²) in [6, 6.07) is 0. The van der Waals surface area contributed by atoms with Crippen LogP contribution in [0, 0.1) is 40.4 Å². The molecule has 0 spiro atoms. The first kappa shape index (κ1) is 18.9. The van der Waals surface area contributed by atoms with Crippen LogP contribution in [-0.4, -0.2) is 29.7 Å². The van der Waals surface area contributed by atoms with Gasteiger partial charge in [0.15, 0.2) is 0 Å². The SMILES string of the molecule is CO[C@@H]1C[C@H]2[C@@H](CC[C@H]3C[C@](C)(O)CC[C@@]32C)[C@@H]2CC[C@H](C(C)=O)[C@@]12C. The van der Waals surface area contributed by atoms with Crippen molar-refractivity contribution in [3.05, 3.63) is 0 Å². The molecule has 0 saturated heterocycles. The van der Waals surface area contributed by atoms with Crippen LogP contribution in [0.2, 0.25) is 0 Å². The third-order valence-corrected chi connectivity index (χ3v) is 9.80. The fourth-order valence-electron chi connectivity index (χ4n) is 8.38. The van der Waals surface area contributed by atoms with Crippen LogP contribution >= 0.6 is 0 Å². The van der Waals surface area contributed by atoms with E-state index >= 15 is 0 Å². The zero-order chi connectivity index (χ0) is 18.9. The number of ether oxygens (including phenoxy) is 1. The van der Waals surface area contributed by atoms with Crippen LogP contribution in [0.5, 0.6) is 0 Å². The summed E-state index contributed by atoms with van der Waals surface area (Å²) in [5.74, 6) is 3.23. The van der Waals surface area contributed by atoms with Crippen molar-refractivity contribution in [1.29, 1.82) is 0 Å². The van der Waals surface area contributed by atoms with E-state index in [1.165, 1.54) is 19.3 Å². The molecule has 0 radical (unpaired) electrons. The Morgan fingerprint density at radius 1 is 1.04 bits per heavy atom. The maximum Gasteiger partial charge on any atom is 0.133 e. The van der Waals surface area contributed by atoms with E-state index in [0.29, 0.717) is 29.0 Å². The van der Waals surface area contributed by atoms with Gasteiger partial charge in [-0.15, -0.1) is 0 Å². The number of aliphatic hydroxyl groups is 1. The van der Waals surface area contributed by atoms with Gasteiger partial charge in [0.25, 0.3) is 0 Å². The molecule has 0 amide bonds. The monoisotopic (exact) mass is 362 g/mol. The second kappa shape index (κ2) is 6.04. The molecule has 148 valence electrons. The fraction of sp³-hybridized carbons (Fsp3) is 0.957. The molecule has 0 aromatic heterocycles. The molecule has 4 saturated carbocycles. The smallest absolute Gasteiger partial charge is 0.133 e. The van der Waals surface area contributed by atoms with Crippen LogP contribution in [0.4, 0.5) is 0 Å². The highest BCUT2D eigenvalue weighted by molar-refractivity contribution is 5.79. The van der Waals surface area contributed by atoms with E-state index in [0.717, 1.165) is 38.0 Å². The van der Waals surface area contributed by atoms with Gasteiger partial charge in [0, 0.05) is 18.4 Å². The lowest BCUT2D eigenvalue weighted by Gasteiger charge is -2.63. The molecular weight excluding hydrogens is 324 g/mol. The maximum absolute atomic E-state index is 12.4. The topological polar surface area (TPSA) is 46.5 Å². The Hall–Kier alpha value is -0.410. The minimum absolute atomic E-state index is 0.0190. The lowest BCUT2D eigenvalue weighted by atomic mass is 9.43. The first-order chi connectivity index (χ1) is 12.1. The van der Waals surface area contributed by atoms with Crippen molar-refractivity contribution in [3.8, 4) is 0 Å². The van der Waals surface area contributed by atoms with Crippen LogP contribution in [0.25, 0.3) is 0 Å². The number of Topliss-reactive ketones (excluding diaryl/α,β-unsaturated/α-hetero) is 1. The molecule has 26 heavy (non-hydrogen) atoms. The van der Waals surface area contributed by atoms with Gasteiger partial charge in [-0.05, 0) is 94.3 Å². The summed E-state index contributed by atoms with van der Waals surface area (Å²) in [4.78, 5) is 12.4. The number of carbonyl (C=O) groups excluding carboxylic acids is 1. The number of ketones is 1. The Balaban J connectivity index is 1.68. The van der Waals surface area contributed by atoms with Crippen molar-refractivity contribution in [2.45, 2.75) is 90.8 Å². The van der Waals surface area contributed by atoms with Gasteiger partial charge in [-0.2, -0.15) is 0 Å². The van der Waals surface area contributed by atoms with Crippen LogP contribution in [0.15, 0.2) is 0 Å². The number of hydrogen-bond donors (Lipinski definition) is 1. The number of rotatable bonds is 2. The van der Waals surface area contributed by atoms with Gasteiger partial charge < -0.3 is 9.84 Å².